The molecule has 96 valence electrons. The van der Waals surface area contributed by atoms with Gasteiger partial charge in [0.2, 0.25) is 0 Å². The van der Waals surface area contributed by atoms with Crippen molar-refractivity contribution in [1.29, 1.82) is 0 Å². The Morgan fingerprint density at radius 1 is 0.800 bits per heavy atom. The summed E-state index contributed by atoms with van der Waals surface area (Å²) in [5, 5.41) is 2.80. The first kappa shape index (κ1) is 10.5. The van der Waals surface area contributed by atoms with Gasteiger partial charge in [-0.15, -0.1) is 0 Å². The van der Waals surface area contributed by atoms with Crippen LogP contribution >= 0.6 is 11.6 Å². The first-order chi connectivity index (χ1) is 10.2. The van der Waals surface area contributed by atoms with E-state index in [0.717, 1.165) is 33.1 Å². The highest BCUT2D eigenvalue weighted by Crippen LogP contribution is 2.33. The highest BCUT2D eigenvalue weighted by atomic mass is 35.5. The largest absolute Gasteiger partial charge is 0.456 e. The first-order valence-electron chi connectivity index (χ1n) is 6.89. The topological polar surface area (TPSA) is 13.1 Å². The predicted molar refractivity (Wildman–Crippen MR) is 84.2 cm³/mol. The Balaban J connectivity index is 1.94. The number of rotatable bonds is 1. The van der Waals surface area contributed by atoms with Gasteiger partial charge in [-0.2, -0.15) is 0 Å². The van der Waals surface area contributed by atoms with Crippen LogP contribution in [0.15, 0.2) is 71.1 Å². The minimum Gasteiger partial charge on any atom is -0.456 e. The lowest BCUT2D eigenvalue weighted by Crippen LogP contribution is -1.76. The van der Waals surface area contributed by atoms with Crippen LogP contribution in [0.3, 0.4) is 0 Å². The summed E-state index contributed by atoms with van der Waals surface area (Å²) in [5.74, 6) is 0. The van der Waals surface area contributed by atoms with Gasteiger partial charge in [0.25, 0.3) is 0 Å². The van der Waals surface area contributed by atoms with Crippen molar-refractivity contribution in [1.82, 2.24) is 0 Å². The fraction of sp³-hybridized carbons (Fsp3) is 0. The third-order valence-corrected chi connectivity index (χ3v) is 3.72. The second-order valence-corrected chi connectivity index (χ2v) is 5.18. The van der Waals surface area contributed by atoms with Gasteiger partial charge in [0, 0.05) is 15.8 Å². The lowest BCUT2D eigenvalue weighted by Gasteiger charge is -2.00. The fourth-order valence-electron chi connectivity index (χ4n) is 2.51. The Morgan fingerprint density at radius 3 is 2.50 bits per heavy atom. The molecule has 0 atom stereocenters. The zero-order valence-electron chi connectivity index (χ0n) is 11.6. The zero-order valence-corrected chi connectivity index (χ0v) is 11.3. The molecule has 0 spiro atoms. The van der Waals surface area contributed by atoms with Gasteiger partial charge in [0.15, 0.2) is 0 Å². The van der Waals surface area contributed by atoms with Crippen molar-refractivity contribution in [2.75, 3.05) is 0 Å². The molecule has 0 radical (unpaired) electrons. The summed E-state index contributed by atoms with van der Waals surface area (Å²) < 4.78 is 13.4. The van der Waals surface area contributed by atoms with Crippen LogP contribution in [0.5, 0.6) is 0 Å². The number of benzene rings is 3. The van der Waals surface area contributed by atoms with Crippen molar-refractivity contribution in [3.63, 3.8) is 0 Å². The monoisotopic (exact) mass is 279 g/mol. The minimum absolute atomic E-state index is 0.512. The summed E-state index contributed by atoms with van der Waals surface area (Å²) in [4.78, 5) is 0. The molecule has 0 saturated carbocycles. The molecule has 1 aromatic heterocycles. The van der Waals surface area contributed by atoms with E-state index in [1.165, 1.54) is 0 Å². The SMILES string of the molecule is [2H]c1ccc(-c2ccc3c(c2)oc2ccc(Cl)cc23)cc1. The van der Waals surface area contributed by atoms with Crippen LogP contribution < -0.4 is 0 Å². The van der Waals surface area contributed by atoms with Crippen molar-refractivity contribution in [3.8, 4) is 11.1 Å². The smallest absolute Gasteiger partial charge is 0.136 e. The normalized spacial score (nSPS) is 11.9. The molecule has 0 bridgehead atoms. The van der Waals surface area contributed by atoms with Gasteiger partial charge in [0.05, 0.1) is 1.37 Å². The molecule has 0 aliphatic heterocycles. The second-order valence-electron chi connectivity index (χ2n) is 4.74. The van der Waals surface area contributed by atoms with E-state index in [9.17, 15) is 0 Å². The van der Waals surface area contributed by atoms with Crippen LogP contribution in [0, 0.1) is 0 Å². The molecule has 0 aliphatic rings. The van der Waals surface area contributed by atoms with Crippen LogP contribution in [-0.4, -0.2) is 0 Å². The number of halogens is 1. The van der Waals surface area contributed by atoms with E-state index in [4.69, 9.17) is 17.4 Å². The Bertz CT molecular complexity index is 954. The molecule has 0 N–H and O–H groups in total. The average molecular weight is 280 g/mol. The Hall–Kier alpha value is -2.25. The van der Waals surface area contributed by atoms with Crippen LogP contribution in [0.2, 0.25) is 5.02 Å². The quantitative estimate of drug-likeness (QED) is 0.422. The molecule has 1 nitrogen and oxygen atoms in total. The molecule has 2 heteroatoms. The summed E-state index contributed by atoms with van der Waals surface area (Å²) in [6.07, 6.45) is 0. The van der Waals surface area contributed by atoms with Crippen molar-refractivity contribution >= 4 is 33.5 Å². The molecule has 3 aromatic carbocycles. The number of hydrogen-bond acceptors (Lipinski definition) is 1. The molecule has 1 heterocycles. The van der Waals surface area contributed by atoms with Gasteiger partial charge in [-0.3, -0.25) is 0 Å². The Kier molecular flexibility index (Phi) is 2.31. The highest BCUT2D eigenvalue weighted by Gasteiger charge is 2.08. The van der Waals surface area contributed by atoms with Crippen LogP contribution in [-0.2, 0) is 0 Å². The second kappa shape index (κ2) is 4.39. The molecule has 4 aromatic rings. The third kappa shape index (κ3) is 1.79. The molecule has 0 aliphatic carbocycles. The fourth-order valence-corrected chi connectivity index (χ4v) is 2.68. The zero-order chi connectivity index (χ0) is 14.4. The highest BCUT2D eigenvalue weighted by molar-refractivity contribution is 6.31. The minimum atomic E-state index is 0.512. The van der Waals surface area contributed by atoms with E-state index >= 15 is 0 Å². The molecular formula is C18H11ClO. The molecule has 0 amide bonds. The van der Waals surface area contributed by atoms with E-state index in [1.54, 1.807) is 12.1 Å². The van der Waals surface area contributed by atoms with Gasteiger partial charge in [-0.1, -0.05) is 48.0 Å². The van der Waals surface area contributed by atoms with Crippen molar-refractivity contribution in [2.24, 2.45) is 0 Å². The molecule has 4 rings (SSSR count). The predicted octanol–water partition coefficient (Wildman–Crippen LogP) is 5.91. The van der Waals surface area contributed by atoms with Crippen LogP contribution in [0.25, 0.3) is 33.1 Å². The summed E-state index contributed by atoms with van der Waals surface area (Å²) in [6, 6.07) is 19.8. The molecular weight excluding hydrogens is 268 g/mol. The van der Waals surface area contributed by atoms with Crippen LogP contribution in [0.4, 0.5) is 0 Å². The van der Waals surface area contributed by atoms with Crippen molar-refractivity contribution in [3.05, 3.63) is 71.7 Å². The standard InChI is InChI=1S/C18H11ClO/c19-14-7-9-17-16(11-14)15-8-6-13(10-18(15)20-17)12-4-2-1-3-5-12/h1-11H/i1D. The Labute approximate surface area is 122 Å². The van der Waals surface area contributed by atoms with E-state index in [1.807, 2.05) is 36.4 Å². The number of fused-ring (bicyclic) bond motifs is 3. The van der Waals surface area contributed by atoms with E-state index in [-0.39, 0.29) is 0 Å². The van der Waals surface area contributed by atoms with Gasteiger partial charge in [-0.25, -0.2) is 0 Å². The third-order valence-electron chi connectivity index (χ3n) is 3.48. The van der Waals surface area contributed by atoms with Gasteiger partial charge >= 0.3 is 0 Å². The maximum absolute atomic E-state index is 7.55. The summed E-state index contributed by atoms with van der Waals surface area (Å²) in [5.41, 5.74) is 3.84. The first-order valence-corrected chi connectivity index (χ1v) is 6.77. The summed E-state index contributed by atoms with van der Waals surface area (Å²) in [6.45, 7) is 0. The molecule has 0 unspecified atom stereocenters. The number of hydrogen-bond donors (Lipinski definition) is 0. The van der Waals surface area contributed by atoms with Crippen molar-refractivity contribution in [2.45, 2.75) is 0 Å². The Morgan fingerprint density at radius 2 is 1.65 bits per heavy atom. The summed E-state index contributed by atoms with van der Waals surface area (Å²) >= 11 is 6.06. The average Bonchev–Trinajstić information content (AvgIpc) is 2.85. The lowest BCUT2D eigenvalue weighted by molar-refractivity contribution is 0.669. The van der Waals surface area contributed by atoms with Gasteiger partial charge in [-0.05, 0) is 41.5 Å². The number of furan rings is 1. The maximum Gasteiger partial charge on any atom is 0.136 e. The lowest BCUT2D eigenvalue weighted by atomic mass is 10.0. The van der Waals surface area contributed by atoms with E-state index in [2.05, 4.69) is 12.1 Å². The van der Waals surface area contributed by atoms with E-state index < -0.39 is 0 Å². The van der Waals surface area contributed by atoms with Crippen molar-refractivity contribution < 1.29 is 5.79 Å². The van der Waals surface area contributed by atoms with E-state index in [0.29, 0.717) is 11.1 Å². The van der Waals surface area contributed by atoms with Gasteiger partial charge < -0.3 is 4.42 Å². The summed E-state index contributed by atoms with van der Waals surface area (Å²) in [7, 11) is 0. The molecule has 20 heavy (non-hydrogen) atoms. The van der Waals surface area contributed by atoms with Gasteiger partial charge in [0.1, 0.15) is 11.2 Å². The maximum atomic E-state index is 7.55. The molecule has 0 saturated heterocycles. The molecule has 0 fully saturated rings. The van der Waals surface area contributed by atoms with Crippen LogP contribution in [0.1, 0.15) is 1.37 Å².